The maximum absolute atomic E-state index is 10.1. The summed E-state index contributed by atoms with van der Waals surface area (Å²) in [5.74, 6) is 0. The van der Waals surface area contributed by atoms with Crippen LogP contribution in [0.3, 0.4) is 0 Å². The fraction of sp³-hybridized carbons (Fsp3) is 0.250. The molecule has 0 atom stereocenters. The van der Waals surface area contributed by atoms with Gasteiger partial charge in [-0.15, -0.1) is 0 Å². The van der Waals surface area contributed by atoms with Gasteiger partial charge in [0.15, 0.2) is 0 Å². The van der Waals surface area contributed by atoms with E-state index in [0.717, 1.165) is 12.0 Å². The molecule has 0 N–H and O–H groups in total. The van der Waals surface area contributed by atoms with Gasteiger partial charge in [0.05, 0.1) is 4.92 Å². The van der Waals surface area contributed by atoms with E-state index < -0.39 is 4.92 Å². The molecule has 60 valence electrons. The van der Waals surface area contributed by atoms with E-state index in [1.807, 2.05) is 6.92 Å². The van der Waals surface area contributed by atoms with Crippen molar-refractivity contribution in [1.82, 2.24) is 0 Å². The van der Waals surface area contributed by atoms with Crippen molar-refractivity contribution < 1.29 is 4.92 Å². The molecule has 0 aromatic rings. The summed E-state index contributed by atoms with van der Waals surface area (Å²) in [4.78, 5) is 9.58. The van der Waals surface area contributed by atoms with E-state index in [1.54, 1.807) is 6.08 Å². The van der Waals surface area contributed by atoms with Gasteiger partial charge in [0.25, 0.3) is 5.70 Å². The highest BCUT2D eigenvalue weighted by Crippen LogP contribution is 2.05. The van der Waals surface area contributed by atoms with Gasteiger partial charge in [0, 0.05) is 6.08 Å². The fourth-order valence-electron chi connectivity index (χ4n) is 0.572. The number of nitro groups is 1. The minimum Gasteiger partial charge on any atom is -0.258 e. The highest BCUT2D eigenvalue weighted by atomic mass is 16.6. The second kappa shape index (κ2) is 4.44. The van der Waals surface area contributed by atoms with E-state index in [-0.39, 0.29) is 5.70 Å². The van der Waals surface area contributed by atoms with Crippen LogP contribution in [0.5, 0.6) is 0 Å². The lowest BCUT2D eigenvalue weighted by molar-refractivity contribution is -0.418. The van der Waals surface area contributed by atoms with Crippen LogP contribution in [-0.4, -0.2) is 4.92 Å². The van der Waals surface area contributed by atoms with Gasteiger partial charge in [-0.2, -0.15) is 0 Å². The zero-order valence-electron chi connectivity index (χ0n) is 6.54. The first kappa shape index (κ1) is 9.62. The molecule has 0 unspecified atom stereocenters. The van der Waals surface area contributed by atoms with Crippen molar-refractivity contribution in [1.29, 1.82) is 0 Å². The number of allylic oxidation sites excluding steroid dienone is 3. The van der Waals surface area contributed by atoms with Crippen LogP contribution in [0.25, 0.3) is 0 Å². The standard InChI is InChI=1S/C8H11NO2/c1-4-8(5-2)6-7(3)9(10)11/h4,6H,1,3,5H2,2H3/b8-6+. The number of nitrogens with zero attached hydrogens (tertiary/aromatic N) is 1. The Morgan fingerprint density at radius 1 is 1.73 bits per heavy atom. The molecule has 11 heavy (non-hydrogen) atoms. The van der Waals surface area contributed by atoms with E-state index in [4.69, 9.17) is 0 Å². The van der Waals surface area contributed by atoms with Crippen LogP contribution < -0.4 is 0 Å². The Balaban J connectivity index is 4.39. The minimum atomic E-state index is -0.515. The summed E-state index contributed by atoms with van der Waals surface area (Å²) in [6.45, 7) is 8.68. The molecule has 3 heteroatoms. The third-order valence-electron chi connectivity index (χ3n) is 1.26. The average Bonchev–Trinajstić information content (AvgIpc) is 1.99. The van der Waals surface area contributed by atoms with Gasteiger partial charge in [0.1, 0.15) is 0 Å². The molecule has 0 bridgehead atoms. The number of hydrogen-bond acceptors (Lipinski definition) is 2. The van der Waals surface area contributed by atoms with Crippen molar-refractivity contribution in [2.75, 3.05) is 0 Å². The summed E-state index contributed by atoms with van der Waals surface area (Å²) in [7, 11) is 0. The monoisotopic (exact) mass is 153 g/mol. The molecule has 0 aromatic carbocycles. The largest absolute Gasteiger partial charge is 0.262 e. The molecule has 0 aliphatic rings. The summed E-state index contributed by atoms with van der Waals surface area (Å²) in [6.07, 6.45) is 3.75. The molecule has 3 nitrogen and oxygen atoms in total. The molecule has 0 amide bonds. The van der Waals surface area contributed by atoms with Gasteiger partial charge in [-0.1, -0.05) is 19.6 Å². The van der Waals surface area contributed by atoms with Crippen molar-refractivity contribution >= 4 is 0 Å². The van der Waals surface area contributed by atoms with Crippen LogP contribution in [0.15, 0.2) is 36.6 Å². The topological polar surface area (TPSA) is 43.1 Å². The molecule has 0 aliphatic carbocycles. The average molecular weight is 153 g/mol. The van der Waals surface area contributed by atoms with Crippen LogP contribution >= 0.6 is 0 Å². The highest BCUT2D eigenvalue weighted by Gasteiger charge is 2.01. The molecular weight excluding hydrogens is 142 g/mol. The lowest BCUT2D eigenvalue weighted by Gasteiger charge is -1.93. The number of hydrogen-bond donors (Lipinski definition) is 0. The molecule has 0 rings (SSSR count). The third-order valence-corrected chi connectivity index (χ3v) is 1.26. The van der Waals surface area contributed by atoms with Gasteiger partial charge in [-0.25, -0.2) is 0 Å². The fourth-order valence-corrected chi connectivity index (χ4v) is 0.572. The van der Waals surface area contributed by atoms with E-state index >= 15 is 0 Å². The molecule has 0 spiro atoms. The molecule has 0 aliphatic heterocycles. The third kappa shape index (κ3) is 3.35. The van der Waals surface area contributed by atoms with Crippen molar-refractivity contribution in [2.24, 2.45) is 0 Å². The second-order valence-corrected chi connectivity index (χ2v) is 2.03. The Labute approximate surface area is 65.9 Å². The smallest absolute Gasteiger partial charge is 0.258 e. The molecule has 0 aromatic heterocycles. The number of rotatable bonds is 4. The maximum atomic E-state index is 10.1. The Kier molecular flexibility index (Phi) is 3.88. The summed E-state index contributed by atoms with van der Waals surface area (Å²) in [5.41, 5.74) is 0.730. The van der Waals surface area contributed by atoms with Gasteiger partial charge in [-0.05, 0) is 18.6 Å². The van der Waals surface area contributed by atoms with Crippen LogP contribution in [0.4, 0.5) is 0 Å². The van der Waals surface area contributed by atoms with E-state index in [9.17, 15) is 10.1 Å². The maximum Gasteiger partial charge on any atom is 0.262 e. The highest BCUT2D eigenvalue weighted by molar-refractivity contribution is 5.23. The Morgan fingerprint density at radius 2 is 2.27 bits per heavy atom. The van der Waals surface area contributed by atoms with Crippen molar-refractivity contribution in [2.45, 2.75) is 13.3 Å². The predicted molar refractivity (Wildman–Crippen MR) is 44.7 cm³/mol. The predicted octanol–water partition coefficient (Wildman–Crippen LogP) is 2.30. The minimum absolute atomic E-state index is 0.0956. The van der Waals surface area contributed by atoms with E-state index in [0.29, 0.717) is 0 Å². The Morgan fingerprint density at radius 3 is 2.55 bits per heavy atom. The van der Waals surface area contributed by atoms with Gasteiger partial charge >= 0.3 is 0 Å². The quantitative estimate of drug-likeness (QED) is 0.353. The lowest BCUT2D eigenvalue weighted by Crippen LogP contribution is -1.93. The first-order valence-electron chi connectivity index (χ1n) is 3.28. The van der Waals surface area contributed by atoms with Crippen molar-refractivity contribution in [3.8, 4) is 0 Å². The Hall–Kier alpha value is -1.38. The first-order chi connectivity index (χ1) is 5.11. The summed E-state index contributed by atoms with van der Waals surface area (Å²) >= 11 is 0. The molecule has 0 radical (unpaired) electrons. The molecular formula is C8H11NO2. The first-order valence-corrected chi connectivity index (χ1v) is 3.28. The van der Waals surface area contributed by atoms with E-state index in [2.05, 4.69) is 13.2 Å². The van der Waals surface area contributed by atoms with Gasteiger partial charge in [0.2, 0.25) is 0 Å². The molecule has 0 saturated carbocycles. The normalized spacial score (nSPS) is 10.8. The Bertz CT molecular complexity index is 216. The zero-order valence-corrected chi connectivity index (χ0v) is 6.54. The lowest BCUT2D eigenvalue weighted by atomic mass is 10.2. The van der Waals surface area contributed by atoms with Crippen molar-refractivity contribution in [3.05, 3.63) is 46.7 Å². The van der Waals surface area contributed by atoms with Crippen LogP contribution in [0.1, 0.15) is 13.3 Å². The van der Waals surface area contributed by atoms with Gasteiger partial charge < -0.3 is 0 Å². The second-order valence-electron chi connectivity index (χ2n) is 2.03. The van der Waals surface area contributed by atoms with Crippen LogP contribution in [-0.2, 0) is 0 Å². The van der Waals surface area contributed by atoms with Crippen LogP contribution in [0.2, 0.25) is 0 Å². The summed E-state index contributed by atoms with van der Waals surface area (Å²) < 4.78 is 0. The molecule has 0 fully saturated rings. The molecule has 0 heterocycles. The molecule has 0 saturated heterocycles. The van der Waals surface area contributed by atoms with Crippen molar-refractivity contribution in [3.63, 3.8) is 0 Å². The SMILES string of the molecule is C=C/C(=C\C(=C)[N+](=O)[O-])CC. The van der Waals surface area contributed by atoms with Gasteiger partial charge in [-0.3, -0.25) is 10.1 Å². The summed E-state index contributed by atoms with van der Waals surface area (Å²) in [5, 5.41) is 10.1. The zero-order chi connectivity index (χ0) is 8.85. The van der Waals surface area contributed by atoms with E-state index in [1.165, 1.54) is 6.08 Å². The van der Waals surface area contributed by atoms with Crippen LogP contribution in [0, 0.1) is 10.1 Å². The summed E-state index contributed by atoms with van der Waals surface area (Å²) in [6, 6.07) is 0.